The summed E-state index contributed by atoms with van der Waals surface area (Å²) in [5.41, 5.74) is 1.34. The monoisotopic (exact) mass is 375 g/mol. The lowest BCUT2D eigenvalue weighted by atomic mass is 10.0. The number of ether oxygens (including phenoxy) is 1. The quantitative estimate of drug-likeness (QED) is 0.616. The number of rotatable bonds is 6. The van der Waals surface area contributed by atoms with Gasteiger partial charge >= 0.3 is 5.97 Å². The summed E-state index contributed by atoms with van der Waals surface area (Å²) < 4.78 is 5.78. The van der Waals surface area contributed by atoms with Crippen molar-refractivity contribution < 1.29 is 14.3 Å². The van der Waals surface area contributed by atoms with Crippen molar-refractivity contribution in [1.29, 1.82) is 0 Å². The summed E-state index contributed by atoms with van der Waals surface area (Å²) in [5, 5.41) is 0. The van der Waals surface area contributed by atoms with Crippen LogP contribution < -0.4 is 0 Å². The van der Waals surface area contributed by atoms with E-state index in [0.29, 0.717) is 5.69 Å². The number of pyridine rings is 2. The number of likely N-dealkylation sites (N-methyl/N-ethyl adjacent to an activating group) is 1. The molecule has 2 unspecified atom stereocenters. The summed E-state index contributed by atoms with van der Waals surface area (Å²) in [7, 11) is 1.67. The van der Waals surface area contributed by atoms with Gasteiger partial charge in [0, 0.05) is 19.4 Å². The zero-order valence-corrected chi connectivity index (χ0v) is 15.7. The molecule has 0 aliphatic rings. The van der Waals surface area contributed by atoms with Gasteiger partial charge in [-0.3, -0.25) is 9.78 Å². The maximum atomic E-state index is 12.8. The highest BCUT2D eigenvalue weighted by Crippen LogP contribution is 2.26. The SMILES string of the molecule is CC(C(OC(=O)c1ccccn1)c1ccccc1)N(C)C(=O)c1ccccn1. The Labute approximate surface area is 163 Å². The van der Waals surface area contributed by atoms with E-state index in [1.165, 1.54) is 11.1 Å². The summed E-state index contributed by atoms with van der Waals surface area (Å²) in [5.74, 6) is -0.789. The van der Waals surface area contributed by atoms with Gasteiger partial charge in [-0.05, 0) is 36.8 Å². The molecular formula is C22H21N3O3. The number of aromatic nitrogens is 2. The zero-order chi connectivity index (χ0) is 19.9. The van der Waals surface area contributed by atoms with Crippen molar-refractivity contribution in [2.75, 3.05) is 7.05 Å². The van der Waals surface area contributed by atoms with Crippen molar-refractivity contribution in [1.82, 2.24) is 14.9 Å². The average molecular weight is 375 g/mol. The Hall–Kier alpha value is -3.54. The molecule has 2 heterocycles. The molecule has 6 heteroatoms. The number of benzene rings is 1. The summed E-state index contributed by atoms with van der Waals surface area (Å²) >= 11 is 0. The predicted molar refractivity (Wildman–Crippen MR) is 105 cm³/mol. The van der Waals surface area contributed by atoms with Crippen molar-refractivity contribution in [3.8, 4) is 0 Å². The lowest BCUT2D eigenvalue weighted by molar-refractivity contribution is 0.00501. The third-order valence-corrected chi connectivity index (χ3v) is 4.49. The van der Waals surface area contributed by atoms with Crippen LogP contribution in [-0.4, -0.2) is 39.8 Å². The molecule has 0 saturated carbocycles. The van der Waals surface area contributed by atoms with Crippen LogP contribution in [0, 0.1) is 0 Å². The van der Waals surface area contributed by atoms with Crippen LogP contribution in [0.5, 0.6) is 0 Å². The first-order chi connectivity index (χ1) is 13.6. The van der Waals surface area contributed by atoms with Crippen LogP contribution in [0.4, 0.5) is 0 Å². The molecule has 0 bridgehead atoms. The third-order valence-electron chi connectivity index (χ3n) is 4.49. The van der Waals surface area contributed by atoms with E-state index >= 15 is 0 Å². The molecule has 0 N–H and O–H groups in total. The molecule has 0 aliphatic carbocycles. The lowest BCUT2D eigenvalue weighted by Crippen LogP contribution is -2.40. The summed E-state index contributed by atoms with van der Waals surface area (Å²) in [6, 6.07) is 19.1. The summed E-state index contributed by atoms with van der Waals surface area (Å²) in [6.45, 7) is 1.84. The van der Waals surface area contributed by atoms with Gasteiger partial charge < -0.3 is 9.64 Å². The molecular weight excluding hydrogens is 354 g/mol. The van der Waals surface area contributed by atoms with Gasteiger partial charge in [0.25, 0.3) is 5.91 Å². The predicted octanol–water partition coefficient (Wildman–Crippen LogP) is 3.54. The number of carbonyl (C=O) groups is 2. The Morgan fingerprint density at radius 2 is 1.43 bits per heavy atom. The first-order valence-corrected chi connectivity index (χ1v) is 8.93. The Morgan fingerprint density at radius 1 is 0.857 bits per heavy atom. The van der Waals surface area contributed by atoms with Crippen molar-refractivity contribution in [2.45, 2.75) is 19.1 Å². The number of esters is 1. The number of amides is 1. The standard InChI is InChI=1S/C22H21N3O3/c1-16(25(2)21(26)18-12-6-8-14-23-18)20(17-10-4-3-5-11-17)28-22(27)19-13-7-9-15-24-19/h3-16,20H,1-2H3. The molecule has 2 aromatic heterocycles. The van der Waals surface area contributed by atoms with Crippen LogP contribution in [0.25, 0.3) is 0 Å². The molecule has 6 nitrogen and oxygen atoms in total. The molecule has 0 saturated heterocycles. The van der Waals surface area contributed by atoms with Crippen molar-refractivity contribution in [2.24, 2.45) is 0 Å². The van der Waals surface area contributed by atoms with Gasteiger partial charge in [0.05, 0.1) is 6.04 Å². The van der Waals surface area contributed by atoms with Gasteiger partial charge in [0.1, 0.15) is 17.5 Å². The normalized spacial score (nSPS) is 12.6. The Morgan fingerprint density at radius 3 is 2.00 bits per heavy atom. The zero-order valence-electron chi connectivity index (χ0n) is 15.7. The molecule has 3 aromatic rings. The third kappa shape index (κ3) is 4.40. The fraction of sp³-hybridized carbons (Fsp3) is 0.182. The van der Waals surface area contributed by atoms with Crippen LogP contribution in [-0.2, 0) is 4.74 Å². The fourth-order valence-electron chi connectivity index (χ4n) is 2.80. The van der Waals surface area contributed by atoms with E-state index in [4.69, 9.17) is 4.74 Å². The van der Waals surface area contributed by atoms with Crippen LogP contribution in [0.3, 0.4) is 0 Å². The van der Waals surface area contributed by atoms with Crippen LogP contribution >= 0.6 is 0 Å². The van der Waals surface area contributed by atoms with Crippen LogP contribution in [0.2, 0.25) is 0 Å². The van der Waals surface area contributed by atoms with Gasteiger partial charge in [0.15, 0.2) is 0 Å². The minimum atomic E-state index is -0.659. The van der Waals surface area contributed by atoms with Crippen molar-refractivity contribution in [3.05, 3.63) is 96.1 Å². The maximum Gasteiger partial charge on any atom is 0.357 e. The minimum absolute atomic E-state index is 0.217. The highest BCUT2D eigenvalue weighted by atomic mass is 16.5. The van der Waals surface area contributed by atoms with E-state index in [1.54, 1.807) is 49.6 Å². The van der Waals surface area contributed by atoms with Gasteiger partial charge in [0.2, 0.25) is 0 Å². The Bertz CT molecular complexity index is 918. The molecule has 0 fully saturated rings. The molecule has 2 atom stereocenters. The second-order valence-corrected chi connectivity index (χ2v) is 6.32. The van der Waals surface area contributed by atoms with E-state index in [1.807, 2.05) is 37.3 Å². The largest absolute Gasteiger partial charge is 0.451 e. The highest BCUT2D eigenvalue weighted by molar-refractivity contribution is 5.92. The van der Waals surface area contributed by atoms with E-state index in [9.17, 15) is 9.59 Å². The van der Waals surface area contributed by atoms with E-state index in [0.717, 1.165) is 5.56 Å². The molecule has 3 rings (SSSR count). The summed E-state index contributed by atoms with van der Waals surface area (Å²) in [4.78, 5) is 35.1. The van der Waals surface area contributed by atoms with E-state index in [-0.39, 0.29) is 11.6 Å². The van der Waals surface area contributed by atoms with Crippen molar-refractivity contribution >= 4 is 11.9 Å². The van der Waals surface area contributed by atoms with Gasteiger partial charge in [-0.2, -0.15) is 0 Å². The molecule has 142 valence electrons. The topological polar surface area (TPSA) is 72.4 Å². The molecule has 0 spiro atoms. The van der Waals surface area contributed by atoms with Gasteiger partial charge in [-0.1, -0.05) is 42.5 Å². The maximum absolute atomic E-state index is 12.8. The van der Waals surface area contributed by atoms with Crippen LogP contribution in [0.15, 0.2) is 79.1 Å². The molecule has 28 heavy (non-hydrogen) atoms. The second kappa shape index (κ2) is 8.90. The Kier molecular flexibility index (Phi) is 6.11. The number of carbonyl (C=O) groups excluding carboxylic acids is 2. The summed E-state index contributed by atoms with van der Waals surface area (Å²) in [6.07, 6.45) is 2.45. The smallest absolute Gasteiger partial charge is 0.357 e. The highest BCUT2D eigenvalue weighted by Gasteiger charge is 2.30. The molecule has 1 amide bonds. The minimum Gasteiger partial charge on any atom is -0.451 e. The van der Waals surface area contributed by atoms with Crippen molar-refractivity contribution in [3.63, 3.8) is 0 Å². The number of hydrogen-bond donors (Lipinski definition) is 0. The van der Waals surface area contributed by atoms with Gasteiger partial charge in [-0.15, -0.1) is 0 Å². The second-order valence-electron chi connectivity index (χ2n) is 6.32. The molecule has 0 radical (unpaired) electrons. The van der Waals surface area contributed by atoms with E-state index in [2.05, 4.69) is 9.97 Å². The number of nitrogens with zero attached hydrogens (tertiary/aromatic N) is 3. The fourth-order valence-corrected chi connectivity index (χ4v) is 2.80. The molecule has 0 aliphatic heterocycles. The molecule has 1 aromatic carbocycles. The first kappa shape index (κ1) is 19.2. The van der Waals surface area contributed by atoms with Gasteiger partial charge in [-0.25, -0.2) is 9.78 Å². The number of hydrogen-bond acceptors (Lipinski definition) is 5. The van der Waals surface area contributed by atoms with E-state index < -0.39 is 18.1 Å². The Balaban J connectivity index is 1.86. The van der Waals surface area contributed by atoms with Crippen LogP contribution in [0.1, 0.15) is 39.6 Å². The first-order valence-electron chi connectivity index (χ1n) is 8.93. The lowest BCUT2D eigenvalue weighted by Gasteiger charge is -2.31. The average Bonchev–Trinajstić information content (AvgIpc) is 2.77.